The molecule has 1 aromatic carbocycles. The molecule has 1 aliphatic carbocycles. The number of benzene rings is 1. The van der Waals surface area contributed by atoms with Gasteiger partial charge in [0.25, 0.3) is 0 Å². The summed E-state index contributed by atoms with van der Waals surface area (Å²) in [6, 6.07) is 7.94. The largest absolute Gasteiger partial charge is 0.384 e. The molecule has 2 rings (SSSR count). The number of hydrogen-bond donors (Lipinski definition) is 1. The predicted octanol–water partition coefficient (Wildman–Crippen LogP) is 4.02. The van der Waals surface area contributed by atoms with Gasteiger partial charge in [0.05, 0.1) is 5.56 Å². The van der Waals surface area contributed by atoms with Crippen molar-refractivity contribution in [3.63, 3.8) is 0 Å². The lowest BCUT2D eigenvalue weighted by Gasteiger charge is -2.40. The highest BCUT2D eigenvalue weighted by molar-refractivity contribution is 9.10. The van der Waals surface area contributed by atoms with Crippen LogP contribution in [0, 0.1) is 11.3 Å². The van der Waals surface area contributed by atoms with Crippen LogP contribution >= 0.6 is 27.7 Å². The maximum absolute atomic E-state index is 8.85. The number of thioether (sulfide) groups is 1. The van der Waals surface area contributed by atoms with Crippen molar-refractivity contribution in [3.8, 4) is 6.07 Å². The minimum absolute atomic E-state index is 0.431. The molecule has 0 aliphatic heterocycles. The molecule has 90 valence electrons. The van der Waals surface area contributed by atoms with Crippen molar-refractivity contribution in [2.45, 2.75) is 24.0 Å². The van der Waals surface area contributed by atoms with Gasteiger partial charge in [0.15, 0.2) is 0 Å². The molecule has 0 unspecified atom stereocenters. The Balaban J connectivity index is 2.00. The van der Waals surface area contributed by atoms with Gasteiger partial charge in [-0.2, -0.15) is 17.0 Å². The van der Waals surface area contributed by atoms with Gasteiger partial charge in [-0.1, -0.05) is 6.42 Å². The third kappa shape index (κ3) is 2.78. The molecule has 0 aromatic heterocycles. The Morgan fingerprint density at radius 2 is 2.29 bits per heavy atom. The summed E-state index contributed by atoms with van der Waals surface area (Å²) in [5.41, 5.74) is 1.76. The van der Waals surface area contributed by atoms with E-state index in [1.807, 2.05) is 30.0 Å². The van der Waals surface area contributed by atoms with Crippen LogP contribution in [0.1, 0.15) is 24.8 Å². The minimum atomic E-state index is 0.431. The van der Waals surface area contributed by atoms with Gasteiger partial charge in [0.2, 0.25) is 0 Å². The molecule has 1 aromatic rings. The number of nitrogens with zero attached hydrogens (tertiary/aromatic N) is 1. The van der Waals surface area contributed by atoms with Crippen molar-refractivity contribution >= 4 is 33.4 Å². The summed E-state index contributed by atoms with van der Waals surface area (Å²) in [4.78, 5) is 0. The Morgan fingerprint density at radius 3 is 2.76 bits per heavy atom. The Hall–Kier alpha value is -0.660. The molecule has 0 atom stereocenters. The van der Waals surface area contributed by atoms with Gasteiger partial charge in [0.1, 0.15) is 6.07 Å². The first kappa shape index (κ1) is 12.8. The lowest BCUT2D eigenvalue weighted by atomic mass is 9.84. The number of halogens is 1. The third-order valence-corrected chi connectivity index (χ3v) is 5.48. The quantitative estimate of drug-likeness (QED) is 0.912. The van der Waals surface area contributed by atoms with Gasteiger partial charge in [-0.3, -0.25) is 0 Å². The average molecular weight is 311 g/mol. The Labute approximate surface area is 115 Å². The highest BCUT2D eigenvalue weighted by atomic mass is 79.9. The van der Waals surface area contributed by atoms with E-state index in [1.54, 1.807) is 0 Å². The van der Waals surface area contributed by atoms with Crippen LogP contribution in [0.2, 0.25) is 0 Å². The summed E-state index contributed by atoms with van der Waals surface area (Å²) in [6.07, 6.45) is 6.15. The van der Waals surface area contributed by atoms with Crippen LogP contribution in [0.4, 0.5) is 5.69 Å². The van der Waals surface area contributed by atoms with E-state index in [0.29, 0.717) is 10.3 Å². The maximum Gasteiger partial charge on any atom is 0.100 e. The molecule has 1 aliphatic rings. The Bertz CT molecular complexity index is 444. The summed E-state index contributed by atoms with van der Waals surface area (Å²) >= 11 is 5.37. The topological polar surface area (TPSA) is 35.8 Å². The van der Waals surface area contributed by atoms with Gasteiger partial charge in [-0.05, 0) is 53.2 Å². The summed E-state index contributed by atoms with van der Waals surface area (Å²) in [7, 11) is 0. The van der Waals surface area contributed by atoms with Crippen molar-refractivity contribution < 1.29 is 0 Å². The minimum Gasteiger partial charge on any atom is -0.384 e. The fraction of sp³-hybridized carbons (Fsp3) is 0.462. The van der Waals surface area contributed by atoms with Gasteiger partial charge >= 0.3 is 0 Å². The van der Waals surface area contributed by atoms with Gasteiger partial charge in [0, 0.05) is 21.5 Å². The Morgan fingerprint density at radius 1 is 1.53 bits per heavy atom. The Kier molecular flexibility index (Phi) is 4.01. The van der Waals surface area contributed by atoms with E-state index in [9.17, 15) is 0 Å². The second-order valence-electron chi connectivity index (χ2n) is 4.40. The van der Waals surface area contributed by atoms with E-state index < -0.39 is 0 Å². The second-order valence-corrected chi connectivity index (χ2v) is 6.53. The molecule has 4 heteroatoms. The molecule has 0 spiro atoms. The van der Waals surface area contributed by atoms with Crippen LogP contribution in [0.3, 0.4) is 0 Å². The summed E-state index contributed by atoms with van der Waals surface area (Å²) < 4.78 is 1.29. The average Bonchev–Trinajstić information content (AvgIpc) is 2.28. The molecular formula is C13H15BrN2S. The van der Waals surface area contributed by atoms with Crippen LogP contribution in [-0.4, -0.2) is 17.5 Å². The van der Waals surface area contributed by atoms with Crippen LogP contribution < -0.4 is 5.32 Å². The lowest BCUT2D eigenvalue weighted by Crippen LogP contribution is -2.40. The van der Waals surface area contributed by atoms with Crippen molar-refractivity contribution in [1.82, 2.24) is 0 Å². The van der Waals surface area contributed by atoms with Gasteiger partial charge in [-0.15, -0.1) is 0 Å². The number of nitriles is 1. The molecule has 1 N–H and O–H groups in total. The molecular weight excluding hydrogens is 296 g/mol. The zero-order chi connectivity index (χ0) is 12.3. The molecule has 1 saturated carbocycles. The molecule has 1 fully saturated rings. The maximum atomic E-state index is 8.85. The fourth-order valence-electron chi connectivity index (χ4n) is 2.00. The van der Waals surface area contributed by atoms with Crippen molar-refractivity contribution in [3.05, 3.63) is 28.2 Å². The van der Waals surface area contributed by atoms with Crippen LogP contribution in [-0.2, 0) is 0 Å². The van der Waals surface area contributed by atoms with Crippen molar-refractivity contribution in [1.29, 1.82) is 5.26 Å². The van der Waals surface area contributed by atoms with Crippen LogP contribution in [0.5, 0.6) is 0 Å². The highest BCUT2D eigenvalue weighted by Crippen LogP contribution is 2.42. The van der Waals surface area contributed by atoms with Crippen LogP contribution in [0.15, 0.2) is 22.7 Å². The van der Waals surface area contributed by atoms with Crippen molar-refractivity contribution in [2.75, 3.05) is 18.1 Å². The zero-order valence-electron chi connectivity index (χ0n) is 9.79. The highest BCUT2D eigenvalue weighted by Gasteiger charge is 2.35. The molecule has 0 saturated heterocycles. The number of rotatable bonds is 4. The van der Waals surface area contributed by atoms with Crippen molar-refractivity contribution in [2.24, 2.45) is 0 Å². The number of hydrogen-bond acceptors (Lipinski definition) is 3. The molecule has 0 radical (unpaired) electrons. The first-order chi connectivity index (χ1) is 8.19. The lowest BCUT2D eigenvalue weighted by molar-refractivity contribution is 0.380. The monoisotopic (exact) mass is 310 g/mol. The first-order valence-electron chi connectivity index (χ1n) is 5.68. The summed E-state index contributed by atoms with van der Waals surface area (Å²) in [6.45, 7) is 1.01. The molecule has 17 heavy (non-hydrogen) atoms. The number of nitrogens with one attached hydrogen (secondary N) is 1. The smallest absolute Gasteiger partial charge is 0.100 e. The van der Waals surface area contributed by atoms with E-state index in [0.717, 1.165) is 16.7 Å². The predicted molar refractivity (Wildman–Crippen MR) is 77.4 cm³/mol. The molecule has 0 amide bonds. The van der Waals surface area contributed by atoms with E-state index in [-0.39, 0.29) is 0 Å². The van der Waals surface area contributed by atoms with Gasteiger partial charge < -0.3 is 5.32 Å². The first-order valence-corrected chi connectivity index (χ1v) is 7.69. The standard InChI is InChI=1S/C13H15BrN2S/c1-17-13(5-2-6-13)9-16-11-4-3-10(8-15)12(14)7-11/h3-4,7,16H,2,5-6,9H2,1H3. The van der Waals surface area contributed by atoms with E-state index >= 15 is 0 Å². The van der Waals surface area contributed by atoms with E-state index in [4.69, 9.17) is 5.26 Å². The normalized spacial score (nSPS) is 17.0. The van der Waals surface area contributed by atoms with Crippen LogP contribution in [0.25, 0.3) is 0 Å². The second kappa shape index (κ2) is 5.32. The summed E-state index contributed by atoms with van der Waals surface area (Å²) in [5.74, 6) is 0. The fourth-order valence-corrected chi connectivity index (χ4v) is 3.38. The molecule has 2 nitrogen and oxygen atoms in total. The number of anilines is 1. The molecule has 0 heterocycles. The third-order valence-electron chi connectivity index (χ3n) is 3.40. The van der Waals surface area contributed by atoms with Gasteiger partial charge in [-0.25, -0.2) is 0 Å². The molecule has 0 bridgehead atoms. The SMILES string of the molecule is CSC1(CNc2ccc(C#N)c(Br)c2)CCC1. The van der Waals surface area contributed by atoms with E-state index in [2.05, 4.69) is 33.6 Å². The summed E-state index contributed by atoms with van der Waals surface area (Å²) in [5, 5.41) is 12.3. The van der Waals surface area contributed by atoms with E-state index in [1.165, 1.54) is 19.3 Å². The zero-order valence-corrected chi connectivity index (χ0v) is 12.2.